The van der Waals surface area contributed by atoms with Crippen molar-refractivity contribution in [3.8, 4) is 0 Å². The molecule has 0 aliphatic carbocycles. The van der Waals surface area contributed by atoms with E-state index in [2.05, 4.69) is 22.1 Å². The molecule has 7 nitrogen and oxygen atoms in total. The minimum atomic E-state index is -0.677. The van der Waals surface area contributed by atoms with E-state index in [1.165, 1.54) is 4.88 Å². The summed E-state index contributed by atoms with van der Waals surface area (Å²) in [7, 11) is 0. The van der Waals surface area contributed by atoms with E-state index in [0.717, 1.165) is 24.6 Å². The number of primary amides is 1. The van der Waals surface area contributed by atoms with Crippen molar-refractivity contribution in [3.05, 3.63) is 11.1 Å². The highest BCUT2D eigenvalue weighted by Crippen LogP contribution is 2.23. The predicted molar refractivity (Wildman–Crippen MR) is 82.5 cm³/mol. The number of anilines is 1. The van der Waals surface area contributed by atoms with Crippen LogP contribution < -0.4 is 16.0 Å². The smallest absolute Gasteiger partial charge is 0.312 e. The summed E-state index contributed by atoms with van der Waals surface area (Å²) in [6.07, 6.45) is 2.91. The second-order valence-electron chi connectivity index (χ2n) is 5.01. The van der Waals surface area contributed by atoms with Gasteiger partial charge in [-0.2, -0.15) is 0 Å². The minimum Gasteiger partial charge on any atom is -0.352 e. The Morgan fingerprint density at radius 1 is 1.43 bits per heavy atom. The molecular weight excluding hydrogens is 290 g/mol. The molecule has 116 valence electrons. The molecular formula is C13H21N5O2S. The molecule has 1 unspecified atom stereocenters. The molecule has 2 heterocycles. The number of nitrogens with zero attached hydrogens (tertiary/aromatic N) is 3. The average Bonchev–Trinajstić information content (AvgIpc) is 2.95. The van der Waals surface area contributed by atoms with E-state index in [1.807, 2.05) is 6.20 Å². The first-order valence-electron chi connectivity index (χ1n) is 7.05. The number of thiazole rings is 1. The van der Waals surface area contributed by atoms with Crippen LogP contribution in [0.3, 0.4) is 0 Å². The first kappa shape index (κ1) is 15.6. The third-order valence-corrected chi connectivity index (χ3v) is 4.68. The van der Waals surface area contributed by atoms with Crippen LogP contribution in [0.1, 0.15) is 18.7 Å². The molecule has 0 spiro atoms. The van der Waals surface area contributed by atoms with Gasteiger partial charge in [-0.25, -0.2) is 9.78 Å². The van der Waals surface area contributed by atoms with E-state index in [1.54, 1.807) is 23.2 Å². The van der Waals surface area contributed by atoms with Gasteiger partial charge in [-0.1, -0.05) is 6.92 Å². The zero-order valence-corrected chi connectivity index (χ0v) is 13.2. The van der Waals surface area contributed by atoms with Crippen LogP contribution in [0.4, 0.5) is 9.93 Å². The van der Waals surface area contributed by atoms with Gasteiger partial charge in [-0.05, 0) is 13.3 Å². The Morgan fingerprint density at radius 3 is 2.62 bits per heavy atom. The molecule has 0 aromatic carbocycles. The molecule has 1 fully saturated rings. The average molecular weight is 311 g/mol. The molecule has 0 saturated carbocycles. The van der Waals surface area contributed by atoms with Crippen LogP contribution in [0, 0.1) is 0 Å². The van der Waals surface area contributed by atoms with Crippen molar-refractivity contribution in [2.24, 2.45) is 5.73 Å². The van der Waals surface area contributed by atoms with Crippen LogP contribution in [0.2, 0.25) is 0 Å². The maximum absolute atomic E-state index is 12.2. The zero-order chi connectivity index (χ0) is 15.4. The molecule has 1 aliphatic heterocycles. The molecule has 1 aliphatic rings. The molecule has 21 heavy (non-hydrogen) atoms. The molecule has 0 radical (unpaired) electrons. The molecule has 2 rings (SSSR count). The summed E-state index contributed by atoms with van der Waals surface area (Å²) >= 11 is 1.70. The molecule has 1 atom stereocenters. The van der Waals surface area contributed by atoms with E-state index in [9.17, 15) is 9.59 Å². The SMILES string of the molecule is CCc1cnc(N2CCN(C(=O)C(C)NC(N)=O)CC2)s1. The fourth-order valence-electron chi connectivity index (χ4n) is 2.27. The minimum absolute atomic E-state index is 0.0955. The number of piperazine rings is 1. The van der Waals surface area contributed by atoms with Crippen molar-refractivity contribution in [3.63, 3.8) is 0 Å². The van der Waals surface area contributed by atoms with Crippen molar-refractivity contribution in [1.82, 2.24) is 15.2 Å². The standard InChI is InChI=1S/C13H21N5O2S/c1-3-10-8-15-13(21-10)18-6-4-17(5-7-18)11(19)9(2)16-12(14)20/h8-9H,3-7H2,1-2H3,(H3,14,16,20). The second-order valence-corrected chi connectivity index (χ2v) is 6.10. The molecule has 1 aromatic heterocycles. The van der Waals surface area contributed by atoms with Gasteiger partial charge < -0.3 is 20.9 Å². The summed E-state index contributed by atoms with van der Waals surface area (Å²) in [5.74, 6) is -0.0955. The number of aryl methyl sites for hydroxylation is 1. The van der Waals surface area contributed by atoms with Gasteiger partial charge in [-0.15, -0.1) is 11.3 Å². The summed E-state index contributed by atoms with van der Waals surface area (Å²) in [4.78, 5) is 32.6. The van der Waals surface area contributed by atoms with Gasteiger partial charge in [0, 0.05) is 37.3 Å². The second kappa shape index (κ2) is 6.75. The summed E-state index contributed by atoms with van der Waals surface area (Å²) < 4.78 is 0. The van der Waals surface area contributed by atoms with Gasteiger partial charge in [0.15, 0.2) is 5.13 Å². The Hall–Kier alpha value is -1.83. The number of rotatable bonds is 4. The van der Waals surface area contributed by atoms with Gasteiger partial charge in [0.25, 0.3) is 0 Å². The molecule has 8 heteroatoms. The van der Waals surface area contributed by atoms with Crippen molar-refractivity contribution in [2.75, 3.05) is 31.1 Å². The lowest BCUT2D eigenvalue weighted by molar-refractivity contribution is -0.133. The number of carbonyl (C=O) groups is 2. The molecule has 1 saturated heterocycles. The zero-order valence-electron chi connectivity index (χ0n) is 12.3. The number of hydrogen-bond donors (Lipinski definition) is 2. The Morgan fingerprint density at radius 2 is 2.10 bits per heavy atom. The van der Waals surface area contributed by atoms with E-state index in [-0.39, 0.29) is 5.91 Å². The van der Waals surface area contributed by atoms with Crippen molar-refractivity contribution in [2.45, 2.75) is 26.3 Å². The van der Waals surface area contributed by atoms with Gasteiger partial charge in [-0.3, -0.25) is 4.79 Å². The maximum Gasteiger partial charge on any atom is 0.312 e. The highest BCUT2D eigenvalue weighted by atomic mass is 32.1. The fourth-order valence-corrected chi connectivity index (χ4v) is 3.18. The first-order valence-corrected chi connectivity index (χ1v) is 7.87. The lowest BCUT2D eigenvalue weighted by atomic mass is 10.2. The molecule has 3 amide bonds. The van der Waals surface area contributed by atoms with Gasteiger partial charge in [0.1, 0.15) is 6.04 Å². The lowest BCUT2D eigenvalue weighted by Gasteiger charge is -2.35. The quantitative estimate of drug-likeness (QED) is 0.842. The van der Waals surface area contributed by atoms with Crippen LogP contribution in [0.5, 0.6) is 0 Å². The number of amides is 3. The summed E-state index contributed by atoms with van der Waals surface area (Å²) in [6.45, 7) is 6.53. The van der Waals surface area contributed by atoms with E-state index >= 15 is 0 Å². The van der Waals surface area contributed by atoms with Crippen LogP contribution in [0.25, 0.3) is 0 Å². The third kappa shape index (κ3) is 3.84. The molecule has 3 N–H and O–H groups in total. The highest BCUT2D eigenvalue weighted by molar-refractivity contribution is 7.15. The lowest BCUT2D eigenvalue weighted by Crippen LogP contribution is -2.54. The number of carbonyl (C=O) groups excluding carboxylic acids is 2. The van der Waals surface area contributed by atoms with E-state index < -0.39 is 12.1 Å². The Bertz CT molecular complexity index is 510. The summed E-state index contributed by atoms with van der Waals surface area (Å²) in [5.41, 5.74) is 5.04. The maximum atomic E-state index is 12.2. The number of aromatic nitrogens is 1. The highest BCUT2D eigenvalue weighted by Gasteiger charge is 2.26. The Labute approximate surface area is 128 Å². The number of urea groups is 1. The topological polar surface area (TPSA) is 91.6 Å². The monoisotopic (exact) mass is 311 g/mol. The van der Waals surface area contributed by atoms with E-state index in [4.69, 9.17) is 5.73 Å². The Kier molecular flexibility index (Phi) is 5.00. The van der Waals surface area contributed by atoms with Crippen LogP contribution in [-0.4, -0.2) is 54.0 Å². The number of nitrogens with two attached hydrogens (primary N) is 1. The van der Waals surface area contributed by atoms with Gasteiger partial charge in [0.05, 0.1) is 0 Å². The normalized spacial score (nSPS) is 16.7. The van der Waals surface area contributed by atoms with E-state index in [0.29, 0.717) is 13.1 Å². The predicted octanol–water partition coefficient (Wildman–Crippen LogP) is 0.411. The van der Waals surface area contributed by atoms with Crippen molar-refractivity contribution in [1.29, 1.82) is 0 Å². The summed E-state index contributed by atoms with van der Waals surface area (Å²) in [5, 5.41) is 3.43. The first-order chi connectivity index (χ1) is 10.0. The number of nitrogens with one attached hydrogen (secondary N) is 1. The fraction of sp³-hybridized carbons (Fsp3) is 0.615. The van der Waals surface area contributed by atoms with Crippen molar-refractivity contribution >= 4 is 28.4 Å². The summed E-state index contributed by atoms with van der Waals surface area (Å²) in [6, 6.07) is -1.26. The Balaban J connectivity index is 1.87. The molecule has 0 bridgehead atoms. The van der Waals surface area contributed by atoms with Crippen LogP contribution >= 0.6 is 11.3 Å². The van der Waals surface area contributed by atoms with Gasteiger partial charge >= 0.3 is 6.03 Å². The largest absolute Gasteiger partial charge is 0.352 e. The third-order valence-electron chi connectivity index (χ3n) is 3.48. The van der Waals surface area contributed by atoms with Crippen molar-refractivity contribution < 1.29 is 9.59 Å². The van der Waals surface area contributed by atoms with Crippen LogP contribution in [-0.2, 0) is 11.2 Å². The molecule has 1 aromatic rings. The van der Waals surface area contributed by atoms with Gasteiger partial charge in [0.2, 0.25) is 5.91 Å². The number of hydrogen-bond acceptors (Lipinski definition) is 5. The van der Waals surface area contributed by atoms with Crippen LogP contribution in [0.15, 0.2) is 6.20 Å².